The number of pyridine rings is 1. The van der Waals surface area contributed by atoms with Crippen LogP contribution in [0.1, 0.15) is 36.8 Å². The van der Waals surface area contributed by atoms with Gasteiger partial charge in [0.1, 0.15) is 12.2 Å². The number of anilines is 1. The Kier molecular flexibility index (Phi) is 5.00. The molecule has 6 rings (SSSR count). The van der Waals surface area contributed by atoms with E-state index in [9.17, 15) is 4.79 Å². The number of benzene rings is 1. The van der Waals surface area contributed by atoms with Gasteiger partial charge in [-0.3, -0.25) is 4.79 Å². The van der Waals surface area contributed by atoms with Gasteiger partial charge in [-0.25, -0.2) is 14.4 Å². The molecule has 0 spiro atoms. The molecule has 5 aromatic rings. The fraction of sp³-hybridized carbons (Fsp3) is 0.182. The summed E-state index contributed by atoms with van der Waals surface area (Å²) in [5.41, 5.74) is 7.98. The minimum Gasteiger partial charge on any atom is -0.375 e. The predicted octanol–water partition coefficient (Wildman–Crippen LogP) is 3.81. The smallest absolute Gasteiger partial charge is 0.252 e. The van der Waals surface area contributed by atoms with Crippen molar-refractivity contribution in [3.8, 4) is 27.4 Å². The lowest BCUT2D eigenvalue weighted by Gasteiger charge is -2.15. The number of nitrogens with one attached hydrogen (secondary N) is 1. The van der Waals surface area contributed by atoms with Crippen molar-refractivity contribution in [1.82, 2.24) is 39.7 Å². The summed E-state index contributed by atoms with van der Waals surface area (Å²) in [5, 5.41) is 11.5. The van der Waals surface area contributed by atoms with E-state index in [1.807, 2.05) is 13.0 Å². The van der Waals surface area contributed by atoms with Crippen molar-refractivity contribution < 1.29 is 4.39 Å². The maximum Gasteiger partial charge on any atom is 0.252 e. The van der Waals surface area contributed by atoms with E-state index in [1.54, 1.807) is 23.0 Å². The topological polar surface area (TPSA) is 133 Å². The molecule has 35 heavy (non-hydrogen) atoms. The van der Waals surface area contributed by atoms with E-state index in [0.717, 1.165) is 16.3 Å². The summed E-state index contributed by atoms with van der Waals surface area (Å²) in [6.45, 7) is 2.03. The number of aromatic nitrogens is 8. The van der Waals surface area contributed by atoms with E-state index in [-0.39, 0.29) is 28.1 Å². The number of aromatic amines is 1. The molecule has 0 fully saturated rings. The third-order valence-electron chi connectivity index (χ3n) is 6.15. The summed E-state index contributed by atoms with van der Waals surface area (Å²) in [7, 11) is 0. The van der Waals surface area contributed by atoms with Crippen molar-refractivity contribution >= 4 is 28.1 Å². The molecule has 0 unspecified atom stereocenters. The molecule has 0 amide bonds. The number of fused-ring (bicyclic) bond motifs is 1. The highest BCUT2D eigenvalue weighted by molar-refractivity contribution is 7.18. The van der Waals surface area contributed by atoms with Gasteiger partial charge in [-0.05, 0) is 46.5 Å². The molecule has 5 heterocycles. The Hall–Kier alpha value is -3.90. The maximum atomic E-state index is 15.3. The molecule has 0 saturated carbocycles. The van der Waals surface area contributed by atoms with Gasteiger partial charge in [0.2, 0.25) is 0 Å². The van der Waals surface area contributed by atoms with E-state index in [2.05, 4.69) is 30.5 Å². The third-order valence-corrected chi connectivity index (χ3v) is 7.30. The monoisotopic (exact) mass is 509 g/mol. The molecule has 0 saturated heterocycles. The molecular weight excluding hydrogens is 493 g/mol. The van der Waals surface area contributed by atoms with Crippen molar-refractivity contribution in [2.45, 2.75) is 25.3 Å². The number of nitrogens with zero attached hydrogens (tertiary/aromatic N) is 7. The van der Waals surface area contributed by atoms with Crippen molar-refractivity contribution in [3.05, 3.63) is 75.7 Å². The van der Waals surface area contributed by atoms with Crippen LogP contribution in [0, 0.1) is 5.82 Å². The van der Waals surface area contributed by atoms with Crippen LogP contribution in [0.4, 0.5) is 9.52 Å². The Morgan fingerprint density at radius 1 is 1.26 bits per heavy atom. The largest absolute Gasteiger partial charge is 0.375 e. The van der Waals surface area contributed by atoms with Gasteiger partial charge in [-0.1, -0.05) is 29.9 Å². The van der Waals surface area contributed by atoms with Crippen LogP contribution in [0.5, 0.6) is 0 Å². The Morgan fingerprint density at radius 3 is 2.86 bits per heavy atom. The zero-order valence-corrected chi connectivity index (χ0v) is 19.8. The number of nitrogens with two attached hydrogens (primary N) is 1. The Balaban J connectivity index is 1.46. The van der Waals surface area contributed by atoms with E-state index >= 15 is 4.39 Å². The van der Waals surface area contributed by atoms with Crippen LogP contribution in [0.15, 0.2) is 47.8 Å². The molecule has 2 atom stereocenters. The van der Waals surface area contributed by atoms with Crippen LogP contribution in [0.2, 0.25) is 5.02 Å². The first-order valence-electron chi connectivity index (χ1n) is 10.7. The van der Waals surface area contributed by atoms with Crippen LogP contribution in [0.25, 0.3) is 27.4 Å². The van der Waals surface area contributed by atoms with Gasteiger partial charge in [0.05, 0.1) is 33.5 Å². The molecule has 10 nitrogen and oxygen atoms in total. The number of rotatable bonds is 4. The van der Waals surface area contributed by atoms with E-state index in [0.29, 0.717) is 28.6 Å². The Morgan fingerprint density at radius 2 is 2.11 bits per heavy atom. The lowest BCUT2D eigenvalue weighted by Crippen LogP contribution is -2.24. The minimum atomic E-state index is -0.647. The SMILES string of the molecule is C[C@H]1C[C@@H](c2ncc(-c3cnc(N)s3)[nH]2)n2c1cc(-c1c(-n3cnnn3)ccc(Cl)c1F)cc2=O. The van der Waals surface area contributed by atoms with Crippen LogP contribution in [0.3, 0.4) is 0 Å². The van der Waals surface area contributed by atoms with Gasteiger partial charge in [-0.2, -0.15) is 4.68 Å². The molecule has 1 aliphatic rings. The van der Waals surface area contributed by atoms with Gasteiger partial charge in [0.15, 0.2) is 10.9 Å². The quantitative estimate of drug-likeness (QED) is 0.376. The summed E-state index contributed by atoms with van der Waals surface area (Å²) in [4.78, 5) is 26.2. The van der Waals surface area contributed by atoms with Gasteiger partial charge in [0.25, 0.3) is 5.56 Å². The van der Waals surface area contributed by atoms with E-state index in [1.165, 1.54) is 34.5 Å². The molecule has 13 heteroatoms. The Labute approximate surface area is 206 Å². The lowest BCUT2D eigenvalue weighted by atomic mass is 9.99. The van der Waals surface area contributed by atoms with Crippen molar-refractivity contribution in [2.24, 2.45) is 0 Å². The number of tetrazole rings is 1. The lowest BCUT2D eigenvalue weighted by molar-refractivity contribution is 0.557. The van der Waals surface area contributed by atoms with Crippen LogP contribution in [-0.4, -0.2) is 39.7 Å². The fourth-order valence-electron chi connectivity index (χ4n) is 4.57. The molecule has 0 bridgehead atoms. The number of hydrogen-bond acceptors (Lipinski definition) is 8. The number of nitrogen functional groups attached to an aromatic ring is 1. The third kappa shape index (κ3) is 3.53. The van der Waals surface area contributed by atoms with E-state index < -0.39 is 5.82 Å². The number of hydrogen-bond donors (Lipinski definition) is 2. The second kappa shape index (κ2) is 8.10. The summed E-state index contributed by atoms with van der Waals surface area (Å²) in [6, 6.07) is 5.99. The second-order valence-corrected chi connectivity index (χ2v) is 9.75. The zero-order valence-electron chi connectivity index (χ0n) is 18.2. The predicted molar refractivity (Wildman–Crippen MR) is 129 cm³/mol. The highest BCUT2D eigenvalue weighted by Gasteiger charge is 2.33. The highest BCUT2D eigenvalue weighted by Crippen LogP contribution is 2.41. The molecule has 4 aromatic heterocycles. The molecule has 1 aromatic carbocycles. The van der Waals surface area contributed by atoms with Gasteiger partial charge in [0, 0.05) is 23.5 Å². The van der Waals surface area contributed by atoms with Crippen LogP contribution >= 0.6 is 22.9 Å². The standard InChI is InChI=1S/C22H17ClFN9OS/c1-10-4-16(21-26-7-13(29-21)17-8-27-22(25)35-17)33-15(10)5-11(6-18(33)34)19-14(32-9-28-30-31-32)3-2-12(23)20(19)24/h2-3,5-10,16H,4H2,1H3,(H2,25,27)(H,26,29)/t10-,16-/m0/s1. The van der Waals surface area contributed by atoms with Gasteiger partial charge >= 0.3 is 0 Å². The number of halogens is 2. The number of imidazole rings is 1. The van der Waals surface area contributed by atoms with Gasteiger partial charge in [-0.15, -0.1) is 5.10 Å². The van der Waals surface area contributed by atoms with Crippen LogP contribution < -0.4 is 11.3 Å². The summed E-state index contributed by atoms with van der Waals surface area (Å²) in [6.07, 6.45) is 5.41. The van der Waals surface area contributed by atoms with Crippen molar-refractivity contribution in [3.63, 3.8) is 0 Å². The Bertz CT molecular complexity index is 1620. The first kappa shape index (κ1) is 21.6. The van der Waals surface area contributed by atoms with Gasteiger partial charge < -0.3 is 15.3 Å². The molecular formula is C22H17ClFN9OS. The summed E-state index contributed by atoms with van der Waals surface area (Å²) < 4.78 is 18.3. The second-order valence-electron chi connectivity index (χ2n) is 8.28. The highest BCUT2D eigenvalue weighted by atomic mass is 35.5. The van der Waals surface area contributed by atoms with Crippen LogP contribution in [-0.2, 0) is 0 Å². The van der Waals surface area contributed by atoms with Crippen molar-refractivity contribution in [2.75, 3.05) is 5.73 Å². The summed E-state index contributed by atoms with van der Waals surface area (Å²) in [5.74, 6) is 0.0421. The molecule has 0 radical (unpaired) electrons. The van der Waals surface area contributed by atoms with Crippen molar-refractivity contribution in [1.29, 1.82) is 0 Å². The first-order chi connectivity index (χ1) is 16.9. The number of H-pyrrole nitrogens is 1. The first-order valence-corrected chi connectivity index (χ1v) is 11.8. The summed E-state index contributed by atoms with van der Waals surface area (Å²) >= 11 is 7.45. The number of thiazole rings is 1. The fourth-order valence-corrected chi connectivity index (χ4v) is 5.38. The zero-order chi connectivity index (χ0) is 24.3. The average Bonchev–Trinajstić information content (AvgIpc) is 3.62. The molecule has 0 aliphatic carbocycles. The molecule has 176 valence electrons. The normalized spacial score (nSPS) is 17.1. The maximum absolute atomic E-state index is 15.3. The molecule has 3 N–H and O–H groups in total. The average molecular weight is 510 g/mol. The minimum absolute atomic E-state index is 0.0268. The molecule has 1 aliphatic heterocycles. The van der Waals surface area contributed by atoms with E-state index in [4.69, 9.17) is 17.3 Å².